The smallest absolute Gasteiger partial charge is 0.373 e. The van der Waals surface area contributed by atoms with Crippen LogP contribution in [0.25, 0.3) is 0 Å². The van der Waals surface area contributed by atoms with Crippen LogP contribution in [0.3, 0.4) is 0 Å². The van der Waals surface area contributed by atoms with Gasteiger partial charge in [-0.3, -0.25) is 4.79 Å². The highest BCUT2D eigenvalue weighted by atomic mass is 19.4. The van der Waals surface area contributed by atoms with E-state index in [1.54, 1.807) is 0 Å². The fraction of sp³-hybridized carbons (Fsp3) is 0.357. The molecule has 1 aromatic rings. The Morgan fingerprint density at radius 2 is 1.71 bits per heavy atom. The van der Waals surface area contributed by atoms with Crippen molar-refractivity contribution in [3.63, 3.8) is 0 Å². The quantitative estimate of drug-likeness (QED) is 0.631. The first-order valence-corrected chi connectivity index (χ1v) is 6.20. The van der Waals surface area contributed by atoms with Crippen LogP contribution in [0.2, 0.25) is 0 Å². The number of halogens is 5. The summed E-state index contributed by atoms with van der Waals surface area (Å²) in [6.07, 6.45) is -3.94. The third-order valence-corrected chi connectivity index (χ3v) is 3.26. The first-order valence-electron chi connectivity index (χ1n) is 6.20. The van der Waals surface area contributed by atoms with Gasteiger partial charge in [-0.1, -0.05) is 24.3 Å². The zero-order valence-corrected chi connectivity index (χ0v) is 10.8. The van der Waals surface area contributed by atoms with Crippen molar-refractivity contribution < 1.29 is 26.7 Å². The van der Waals surface area contributed by atoms with Gasteiger partial charge in [0.25, 0.3) is 0 Å². The van der Waals surface area contributed by atoms with E-state index in [0.717, 1.165) is 17.3 Å². The molecule has 0 radical (unpaired) electrons. The van der Waals surface area contributed by atoms with Crippen LogP contribution >= 0.6 is 0 Å². The average molecular weight is 305 g/mol. The lowest BCUT2D eigenvalue weighted by molar-refractivity contribution is -0.266. The number of benzene rings is 1. The minimum atomic E-state index is -5.87. The standard InChI is InChI=1S/C14H12F5NO/c15-13(16,14(17,18)19)12(21)6-8-20-7-5-10-3-1-2-4-11(10)9-20/h1-4,6,8H,5,7,9H2/b8-6+. The molecular formula is C14H12F5NO. The van der Waals surface area contributed by atoms with E-state index >= 15 is 0 Å². The van der Waals surface area contributed by atoms with Crippen LogP contribution in [0, 0.1) is 0 Å². The summed E-state index contributed by atoms with van der Waals surface area (Å²) >= 11 is 0. The van der Waals surface area contributed by atoms with E-state index in [0.29, 0.717) is 25.6 Å². The summed E-state index contributed by atoms with van der Waals surface area (Å²) in [5.41, 5.74) is 2.07. The molecule has 2 rings (SSSR count). The summed E-state index contributed by atoms with van der Waals surface area (Å²) in [5.74, 6) is -7.61. The Balaban J connectivity index is 2.05. The van der Waals surface area contributed by atoms with Crippen molar-refractivity contribution >= 4 is 5.78 Å². The molecule has 0 aliphatic carbocycles. The van der Waals surface area contributed by atoms with Gasteiger partial charge in [0, 0.05) is 25.4 Å². The topological polar surface area (TPSA) is 20.3 Å². The van der Waals surface area contributed by atoms with Crippen LogP contribution in [0.15, 0.2) is 36.5 Å². The molecule has 0 bridgehead atoms. The zero-order valence-electron chi connectivity index (χ0n) is 10.8. The maximum absolute atomic E-state index is 12.8. The van der Waals surface area contributed by atoms with Gasteiger partial charge in [0.2, 0.25) is 5.78 Å². The van der Waals surface area contributed by atoms with Gasteiger partial charge >= 0.3 is 12.1 Å². The summed E-state index contributed by atoms with van der Waals surface area (Å²) in [7, 11) is 0. The highest BCUT2D eigenvalue weighted by molar-refractivity contribution is 5.96. The molecule has 1 aliphatic heterocycles. The van der Waals surface area contributed by atoms with Gasteiger partial charge < -0.3 is 4.90 Å². The summed E-state index contributed by atoms with van der Waals surface area (Å²) < 4.78 is 61.6. The molecule has 0 amide bonds. The zero-order chi connectivity index (χ0) is 15.7. The third-order valence-electron chi connectivity index (χ3n) is 3.26. The van der Waals surface area contributed by atoms with Gasteiger partial charge in [-0.15, -0.1) is 0 Å². The highest BCUT2D eigenvalue weighted by Gasteiger charge is 2.62. The molecular weight excluding hydrogens is 293 g/mol. The Morgan fingerprint density at radius 1 is 1.10 bits per heavy atom. The highest BCUT2D eigenvalue weighted by Crippen LogP contribution is 2.36. The second-order valence-corrected chi connectivity index (χ2v) is 4.74. The average Bonchev–Trinajstić information content (AvgIpc) is 2.43. The Bertz CT molecular complexity index is 565. The normalized spacial score (nSPS) is 16.1. The molecule has 21 heavy (non-hydrogen) atoms. The van der Waals surface area contributed by atoms with Crippen molar-refractivity contribution in [2.75, 3.05) is 6.54 Å². The number of carbonyl (C=O) groups excluding carboxylic acids is 1. The van der Waals surface area contributed by atoms with Gasteiger partial charge in [-0.2, -0.15) is 22.0 Å². The SMILES string of the molecule is O=C(/C=C/N1CCc2ccccc2C1)C(F)(F)C(F)(F)F. The molecule has 1 heterocycles. The summed E-state index contributed by atoms with van der Waals surface area (Å²) in [4.78, 5) is 12.6. The third kappa shape index (κ3) is 3.22. The molecule has 7 heteroatoms. The van der Waals surface area contributed by atoms with Crippen LogP contribution in [-0.4, -0.2) is 29.3 Å². The molecule has 0 fully saturated rings. The second kappa shape index (κ2) is 5.46. The fourth-order valence-corrected chi connectivity index (χ4v) is 2.06. The first kappa shape index (κ1) is 15.5. The summed E-state index contributed by atoms with van der Waals surface area (Å²) in [6.45, 7) is 0.829. The lowest BCUT2D eigenvalue weighted by Crippen LogP contribution is -2.43. The van der Waals surface area contributed by atoms with Crippen molar-refractivity contribution in [3.05, 3.63) is 47.7 Å². The number of ketones is 1. The number of rotatable bonds is 3. The number of nitrogens with zero attached hydrogens (tertiary/aromatic N) is 1. The van der Waals surface area contributed by atoms with Crippen LogP contribution < -0.4 is 0 Å². The minimum Gasteiger partial charge on any atom is -0.373 e. The van der Waals surface area contributed by atoms with Crippen LogP contribution in [0.1, 0.15) is 11.1 Å². The molecule has 0 N–H and O–H groups in total. The second-order valence-electron chi connectivity index (χ2n) is 4.74. The molecule has 0 aromatic heterocycles. The van der Waals surface area contributed by atoms with Gasteiger partial charge in [0.05, 0.1) is 0 Å². The molecule has 0 unspecified atom stereocenters. The maximum atomic E-state index is 12.8. The largest absolute Gasteiger partial charge is 0.461 e. The van der Waals surface area contributed by atoms with E-state index in [1.165, 1.54) is 4.90 Å². The Morgan fingerprint density at radius 3 is 2.33 bits per heavy atom. The van der Waals surface area contributed by atoms with Crippen molar-refractivity contribution in [1.82, 2.24) is 4.90 Å². The molecule has 2 nitrogen and oxygen atoms in total. The van der Waals surface area contributed by atoms with Crippen molar-refractivity contribution in [3.8, 4) is 0 Å². The molecule has 0 spiro atoms. The van der Waals surface area contributed by atoms with Gasteiger partial charge in [0.15, 0.2) is 0 Å². The number of hydrogen-bond acceptors (Lipinski definition) is 2. The number of carbonyl (C=O) groups is 1. The molecule has 1 aliphatic rings. The molecule has 1 aromatic carbocycles. The van der Waals surface area contributed by atoms with Crippen molar-refractivity contribution in [2.45, 2.75) is 25.1 Å². The van der Waals surface area contributed by atoms with Crippen LogP contribution in [0.5, 0.6) is 0 Å². The fourth-order valence-electron chi connectivity index (χ4n) is 2.06. The lowest BCUT2D eigenvalue weighted by Gasteiger charge is -2.27. The molecule has 114 valence electrons. The van der Waals surface area contributed by atoms with Crippen molar-refractivity contribution in [1.29, 1.82) is 0 Å². The Kier molecular flexibility index (Phi) is 4.02. The Labute approximate surface area is 117 Å². The number of hydrogen-bond donors (Lipinski definition) is 0. The van der Waals surface area contributed by atoms with E-state index in [9.17, 15) is 26.7 Å². The van der Waals surface area contributed by atoms with E-state index in [4.69, 9.17) is 0 Å². The monoisotopic (exact) mass is 305 g/mol. The van der Waals surface area contributed by atoms with E-state index < -0.39 is 17.9 Å². The molecule has 0 saturated heterocycles. The van der Waals surface area contributed by atoms with Crippen LogP contribution in [-0.2, 0) is 17.8 Å². The van der Waals surface area contributed by atoms with E-state index in [2.05, 4.69) is 0 Å². The first-order chi connectivity index (χ1) is 9.72. The summed E-state index contributed by atoms with van der Waals surface area (Å²) in [5, 5.41) is 0. The predicted octanol–water partition coefficient (Wildman–Crippen LogP) is 3.33. The van der Waals surface area contributed by atoms with E-state index in [1.807, 2.05) is 24.3 Å². The number of alkyl halides is 5. The van der Waals surface area contributed by atoms with Crippen molar-refractivity contribution in [2.24, 2.45) is 0 Å². The van der Waals surface area contributed by atoms with Gasteiger partial charge in [0.1, 0.15) is 0 Å². The molecule has 0 saturated carbocycles. The van der Waals surface area contributed by atoms with Gasteiger partial charge in [-0.05, 0) is 17.5 Å². The maximum Gasteiger partial charge on any atom is 0.461 e. The number of allylic oxidation sites excluding steroid dienone is 1. The minimum absolute atomic E-state index is 0.293. The lowest BCUT2D eigenvalue weighted by atomic mass is 10.0. The molecule has 0 atom stereocenters. The van der Waals surface area contributed by atoms with Gasteiger partial charge in [-0.25, -0.2) is 0 Å². The summed E-state index contributed by atoms with van der Waals surface area (Å²) in [6, 6.07) is 7.47. The van der Waals surface area contributed by atoms with Crippen LogP contribution in [0.4, 0.5) is 22.0 Å². The predicted molar refractivity (Wildman–Crippen MR) is 65.7 cm³/mol. The van der Waals surface area contributed by atoms with E-state index in [-0.39, 0.29) is 0 Å². The number of fused-ring (bicyclic) bond motifs is 1. The Hall–Kier alpha value is -1.92.